The molecule has 0 bridgehead atoms. The van der Waals surface area contributed by atoms with Gasteiger partial charge < -0.3 is 5.32 Å². The van der Waals surface area contributed by atoms with Crippen molar-refractivity contribution in [3.63, 3.8) is 0 Å². The van der Waals surface area contributed by atoms with Crippen LogP contribution in [0.3, 0.4) is 0 Å². The van der Waals surface area contributed by atoms with Gasteiger partial charge in [-0.1, -0.05) is 29.8 Å². The van der Waals surface area contributed by atoms with Crippen LogP contribution in [0, 0.1) is 6.92 Å². The summed E-state index contributed by atoms with van der Waals surface area (Å²) in [5.74, 6) is 0.641. The summed E-state index contributed by atoms with van der Waals surface area (Å²) >= 11 is 1.70. The van der Waals surface area contributed by atoms with Gasteiger partial charge in [-0.15, -0.1) is 11.8 Å². The molecule has 138 valence electrons. The van der Waals surface area contributed by atoms with Gasteiger partial charge in [-0.2, -0.15) is 0 Å². The Balaban J connectivity index is 1.73. The molecule has 1 amide bonds. The van der Waals surface area contributed by atoms with Crippen molar-refractivity contribution in [1.29, 1.82) is 0 Å². The smallest absolute Gasteiger partial charge is 0.244 e. The number of carbonyl (C=O) groups is 1. The molecule has 0 saturated carbocycles. The van der Waals surface area contributed by atoms with Crippen molar-refractivity contribution in [3.8, 4) is 0 Å². The van der Waals surface area contributed by atoms with Crippen molar-refractivity contribution >= 4 is 39.5 Å². The molecule has 7 heteroatoms. The van der Waals surface area contributed by atoms with Gasteiger partial charge in [0.05, 0.1) is 6.26 Å². The van der Waals surface area contributed by atoms with Crippen LogP contribution in [0.1, 0.15) is 11.1 Å². The van der Waals surface area contributed by atoms with Crippen LogP contribution in [0.25, 0.3) is 6.08 Å². The zero-order valence-electron chi connectivity index (χ0n) is 14.7. The zero-order valence-corrected chi connectivity index (χ0v) is 16.4. The standard InChI is InChI=1S/C19H22N2O3S2/c1-15-3-10-18(11-4-15)25-14-13-20-19(22)12-7-16-5-8-17(9-6-16)21-26(2,23)24/h3-12,21H,13-14H2,1-2H3,(H,20,22). The van der Waals surface area contributed by atoms with E-state index in [1.807, 2.05) is 0 Å². The SMILES string of the molecule is Cc1ccc(SCCNC(=O)C=Cc2ccc(NS(C)(=O)=O)cc2)cc1. The molecule has 0 saturated heterocycles. The van der Waals surface area contributed by atoms with E-state index < -0.39 is 10.0 Å². The summed E-state index contributed by atoms with van der Waals surface area (Å²) < 4.78 is 24.7. The summed E-state index contributed by atoms with van der Waals surface area (Å²) in [6.45, 7) is 2.63. The lowest BCUT2D eigenvalue weighted by Gasteiger charge is -2.04. The van der Waals surface area contributed by atoms with E-state index in [0.29, 0.717) is 12.2 Å². The minimum atomic E-state index is -3.29. The first-order chi connectivity index (χ1) is 12.3. The van der Waals surface area contributed by atoms with Gasteiger partial charge in [0.1, 0.15) is 0 Å². The van der Waals surface area contributed by atoms with Crippen LogP contribution in [0.2, 0.25) is 0 Å². The second-order valence-electron chi connectivity index (χ2n) is 5.78. The molecule has 2 aromatic rings. The number of amides is 1. The van der Waals surface area contributed by atoms with Gasteiger partial charge in [0.25, 0.3) is 0 Å². The third-order valence-corrected chi connectivity index (χ3v) is 4.95. The van der Waals surface area contributed by atoms with E-state index in [0.717, 1.165) is 17.6 Å². The molecule has 0 aromatic heterocycles. The van der Waals surface area contributed by atoms with Gasteiger partial charge in [-0.3, -0.25) is 9.52 Å². The van der Waals surface area contributed by atoms with Gasteiger partial charge in [0.15, 0.2) is 0 Å². The summed E-state index contributed by atoms with van der Waals surface area (Å²) in [6, 6.07) is 15.1. The molecule has 2 rings (SSSR count). The quantitative estimate of drug-likeness (QED) is 0.412. The van der Waals surface area contributed by atoms with E-state index in [9.17, 15) is 13.2 Å². The van der Waals surface area contributed by atoms with Gasteiger partial charge in [-0.05, 0) is 42.8 Å². The lowest BCUT2D eigenvalue weighted by atomic mass is 10.2. The summed E-state index contributed by atoms with van der Waals surface area (Å²) in [4.78, 5) is 13.0. The molecule has 0 aliphatic heterocycles. The minimum Gasteiger partial charge on any atom is -0.352 e. The third-order valence-electron chi connectivity index (χ3n) is 3.33. The molecule has 0 atom stereocenters. The Labute approximate surface area is 158 Å². The molecule has 0 fully saturated rings. The van der Waals surface area contributed by atoms with E-state index in [1.165, 1.54) is 16.5 Å². The van der Waals surface area contributed by atoms with Gasteiger partial charge >= 0.3 is 0 Å². The van der Waals surface area contributed by atoms with Crippen LogP contribution < -0.4 is 10.0 Å². The van der Waals surface area contributed by atoms with Gasteiger partial charge in [0, 0.05) is 29.0 Å². The van der Waals surface area contributed by atoms with Crippen molar-refractivity contribution in [1.82, 2.24) is 5.32 Å². The van der Waals surface area contributed by atoms with Crippen molar-refractivity contribution in [3.05, 3.63) is 65.7 Å². The minimum absolute atomic E-state index is 0.159. The van der Waals surface area contributed by atoms with E-state index in [-0.39, 0.29) is 5.91 Å². The Bertz CT molecular complexity index is 859. The molecular formula is C19H22N2O3S2. The van der Waals surface area contributed by atoms with Crippen LogP contribution in [-0.4, -0.2) is 32.9 Å². The van der Waals surface area contributed by atoms with Gasteiger partial charge in [0.2, 0.25) is 15.9 Å². The van der Waals surface area contributed by atoms with Crippen molar-refractivity contribution in [2.45, 2.75) is 11.8 Å². The average molecular weight is 391 g/mol. The monoisotopic (exact) mass is 390 g/mol. The Morgan fingerprint density at radius 3 is 2.35 bits per heavy atom. The van der Waals surface area contributed by atoms with Crippen molar-refractivity contribution in [2.75, 3.05) is 23.3 Å². The number of thioether (sulfide) groups is 1. The Morgan fingerprint density at radius 2 is 1.73 bits per heavy atom. The van der Waals surface area contributed by atoms with E-state index in [1.54, 1.807) is 42.1 Å². The fraction of sp³-hybridized carbons (Fsp3) is 0.211. The van der Waals surface area contributed by atoms with Crippen molar-refractivity contribution in [2.24, 2.45) is 0 Å². The molecular weight excluding hydrogens is 368 g/mol. The Kier molecular flexibility index (Phi) is 7.29. The van der Waals surface area contributed by atoms with E-state index in [2.05, 4.69) is 41.2 Å². The highest BCUT2D eigenvalue weighted by Gasteiger charge is 2.01. The maximum absolute atomic E-state index is 11.8. The molecule has 0 aliphatic rings. The predicted octanol–water partition coefficient (Wildman–Crippen LogP) is 3.29. The fourth-order valence-corrected chi connectivity index (χ4v) is 3.42. The molecule has 0 spiro atoms. The van der Waals surface area contributed by atoms with Crippen LogP contribution in [0.4, 0.5) is 5.69 Å². The number of carbonyl (C=O) groups excluding carboxylic acids is 1. The molecule has 0 radical (unpaired) electrons. The van der Waals surface area contributed by atoms with Gasteiger partial charge in [-0.25, -0.2) is 8.42 Å². The highest BCUT2D eigenvalue weighted by atomic mass is 32.2. The first-order valence-electron chi connectivity index (χ1n) is 8.05. The molecule has 0 aliphatic carbocycles. The fourth-order valence-electron chi connectivity index (χ4n) is 2.08. The Morgan fingerprint density at radius 1 is 1.08 bits per heavy atom. The number of sulfonamides is 1. The number of benzene rings is 2. The molecule has 26 heavy (non-hydrogen) atoms. The molecule has 0 unspecified atom stereocenters. The number of aryl methyl sites for hydroxylation is 1. The van der Waals surface area contributed by atoms with Crippen LogP contribution in [0.15, 0.2) is 59.5 Å². The largest absolute Gasteiger partial charge is 0.352 e. The first-order valence-corrected chi connectivity index (χ1v) is 10.9. The van der Waals surface area contributed by atoms with Crippen LogP contribution >= 0.6 is 11.8 Å². The molecule has 0 heterocycles. The Hall–Kier alpha value is -2.25. The number of hydrogen-bond acceptors (Lipinski definition) is 4. The zero-order chi connectivity index (χ0) is 19.0. The summed E-state index contributed by atoms with van der Waals surface area (Å²) in [6.07, 6.45) is 4.25. The highest BCUT2D eigenvalue weighted by Crippen LogP contribution is 2.17. The van der Waals surface area contributed by atoms with Crippen molar-refractivity contribution < 1.29 is 13.2 Å². The second-order valence-corrected chi connectivity index (χ2v) is 8.70. The predicted molar refractivity (Wildman–Crippen MR) is 109 cm³/mol. The van der Waals surface area contributed by atoms with E-state index >= 15 is 0 Å². The topological polar surface area (TPSA) is 75.3 Å². The van der Waals surface area contributed by atoms with Crippen LogP contribution in [-0.2, 0) is 14.8 Å². The summed E-state index contributed by atoms with van der Waals surface area (Å²) in [7, 11) is -3.29. The highest BCUT2D eigenvalue weighted by molar-refractivity contribution is 7.99. The number of hydrogen-bond donors (Lipinski definition) is 2. The first kappa shape index (κ1) is 20.1. The maximum Gasteiger partial charge on any atom is 0.244 e. The lowest BCUT2D eigenvalue weighted by molar-refractivity contribution is -0.116. The van der Waals surface area contributed by atoms with E-state index in [4.69, 9.17) is 0 Å². The average Bonchev–Trinajstić information content (AvgIpc) is 2.58. The number of rotatable bonds is 8. The lowest BCUT2D eigenvalue weighted by Crippen LogP contribution is -2.23. The van der Waals surface area contributed by atoms with Crippen LogP contribution in [0.5, 0.6) is 0 Å². The molecule has 2 N–H and O–H groups in total. The number of nitrogens with one attached hydrogen (secondary N) is 2. The molecule has 5 nitrogen and oxygen atoms in total. The number of anilines is 1. The maximum atomic E-state index is 11.8. The second kappa shape index (κ2) is 9.45. The normalized spacial score (nSPS) is 11.5. The summed E-state index contributed by atoms with van der Waals surface area (Å²) in [5, 5.41) is 2.84. The molecule has 2 aromatic carbocycles. The summed E-state index contributed by atoms with van der Waals surface area (Å²) in [5.41, 5.74) is 2.53. The third kappa shape index (κ3) is 7.76.